The highest BCUT2D eigenvalue weighted by Gasteiger charge is 2.21. The fourth-order valence-corrected chi connectivity index (χ4v) is 3.41. The maximum atomic E-state index is 12.2. The summed E-state index contributed by atoms with van der Waals surface area (Å²) in [6.45, 7) is 3.42. The SMILES string of the molecule is CCOc1ccc(S(=O)(=O)CC(=O)NC[C@H]2CCCO2)cc1. The molecule has 0 aromatic heterocycles. The minimum absolute atomic E-state index is 0.00266. The second kappa shape index (κ2) is 7.60. The van der Waals surface area contributed by atoms with Gasteiger partial charge in [0.05, 0.1) is 17.6 Å². The minimum Gasteiger partial charge on any atom is -0.494 e. The number of rotatable bonds is 7. The quantitative estimate of drug-likeness (QED) is 0.812. The molecular weight excluding hydrogens is 306 g/mol. The van der Waals surface area contributed by atoms with Gasteiger partial charge in [-0.3, -0.25) is 4.79 Å². The van der Waals surface area contributed by atoms with Crippen LogP contribution in [-0.2, 0) is 19.4 Å². The smallest absolute Gasteiger partial charge is 0.235 e. The number of nitrogens with one attached hydrogen (secondary N) is 1. The molecule has 1 aliphatic rings. The van der Waals surface area contributed by atoms with Crippen molar-refractivity contribution in [2.24, 2.45) is 0 Å². The van der Waals surface area contributed by atoms with E-state index >= 15 is 0 Å². The summed E-state index contributed by atoms with van der Waals surface area (Å²) in [6, 6.07) is 6.07. The van der Waals surface area contributed by atoms with Crippen molar-refractivity contribution in [3.05, 3.63) is 24.3 Å². The van der Waals surface area contributed by atoms with Gasteiger partial charge in [-0.15, -0.1) is 0 Å². The van der Waals surface area contributed by atoms with Gasteiger partial charge < -0.3 is 14.8 Å². The monoisotopic (exact) mass is 327 g/mol. The molecule has 0 unspecified atom stereocenters. The number of hydrogen-bond donors (Lipinski definition) is 1. The molecule has 1 aromatic rings. The van der Waals surface area contributed by atoms with Crippen molar-refractivity contribution in [3.63, 3.8) is 0 Å². The van der Waals surface area contributed by atoms with Gasteiger partial charge in [-0.1, -0.05) is 0 Å². The van der Waals surface area contributed by atoms with E-state index in [1.165, 1.54) is 12.1 Å². The Morgan fingerprint density at radius 3 is 2.68 bits per heavy atom. The standard InChI is InChI=1S/C15H21NO5S/c1-2-20-12-5-7-14(8-6-12)22(18,19)11-15(17)16-10-13-4-3-9-21-13/h5-8,13H,2-4,9-11H2,1H3,(H,16,17)/t13-/m1/s1. The van der Waals surface area contributed by atoms with Gasteiger partial charge in [-0.25, -0.2) is 8.42 Å². The maximum Gasteiger partial charge on any atom is 0.235 e. The number of carbonyl (C=O) groups is 1. The Morgan fingerprint density at radius 2 is 2.09 bits per heavy atom. The molecule has 1 heterocycles. The lowest BCUT2D eigenvalue weighted by Crippen LogP contribution is -2.35. The number of benzene rings is 1. The zero-order valence-electron chi connectivity index (χ0n) is 12.6. The van der Waals surface area contributed by atoms with E-state index in [0.29, 0.717) is 25.5 Å². The number of hydrogen-bond acceptors (Lipinski definition) is 5. The third kappa shape index (κ3) is 4.71. The minimum atomic E-state index is -3.65. The van der Waals surface area contributed by atoms with Crippen molar-refractivity contribution < 1.29 is 22.7 Å². The van der Waals surface area contributed by atoms with Gasteiger partial charge in [0.25, 0.3) is 0 Å². The first kappa shape index (κ1) is 16.8. The second-order valence-corrected chi connectivity index (χ2v) is 7.09. The highest BCUT2D eigenvalue weighted by atomic mass is 32.2. The second-order valence-electron chi connectivity index (χ2n) is 5.10. The Morgan fingerprint density at radius 1 is 1.36 bits per heavy atom. The van der Waals surface area contributed by atoms with Gasteiger partial charge in [0.15, 0.2) is 9.84 Å². The predicted molar refractivity (Wildman–Crippen MR) is 81.6 cm³/mol. The summed E-state index contributed by atoms with van der Waals surface area (Å²) >= 11 is 0. The van der Waals surface area contributed by atoms with Gasteiger partial charge in [-0.05, 0) is 44.0 Å². The molecule has 6 nitrogen and oxygen atoms in total. The zero-order chi connectivity index (χ0) is 16.0. The molecular formula is C15H21NO5S. The van der Waals surface area contributed by atoms with Crippen LogP contribution in [0.4, 0.5) is 0 Å². The molecule has 7 heteroatoms. The fraction of sp³-hybridized carbons (Fsp3) is 0.533. The van der Waals surface area contributed by atoms with Gasteiger partial charge in [0, 0.05) is 13.2 Å². The Labute approximate surface area is 130 Å². The molecule has 2 rings (SSSR count). The molecule has 1 amide bonds. The van der Waals surface area contributed by atoms with Crippen LogP contribution in [0, 0.1) is 0 Å². The van der Waals surface area contributed by atoms with E-state index in [1.54, 1.807) is 12.1 Å². The van der Waals surface area contributed by atoms with E-state index in [2.05, 4.69) is 5.32 Å². The first-order valence-corrected chi connectivity index (χ1v) is 9.00. The Balaban J connectivity index is 1.90. The fourth-order valence-electron chi connectivity index (χ4n) is 2.25. The van der Waals surface area contributed by atoms with Crippen molar-refractivity contribution in [3.8, 4) is 5.75 Å². The van der Waals surface area contributed by atoms with E-state index < -0.39 is 21.5 Å². The summed E-state index contributed by atoms with van der Waals surface area (Å²) in [5.41, 5.74) is 0. The lowest BCUT2D eigenvalue weighted by molar-refractivity contribution is -0.119. The summed E-state index contributed by atoms with van der Waals surface area (Å²) in [6.07, 6.45) is 1.87. The largest absolute Gasteiger partial charge is 0.494 e. The van der Waals surface area contributed by atoms with Crippen LogP contribution in [0.3, 0.4) is 0 Å². The van der Waals surface area contributed by atoms with Crippen LogP contribution in [0.1, 0.15) is 19.8 Å². The van der Waals surface area contributed by atoms with Crippen LogP contribution < -0.4 is 10.1 Å². The molecule has 0 saturated carbocycles. The van der Waals surface area contributed by atoms with Crippen molar-refractivity contribution in [2.45, 2.75) is 30.8 Å². The summed E-state index contributed by atoms with van der Waals surface area (Å²) in [5.74, 6) is -0.470. The van der Waals surface area contributed by atoms with Crippen LogP contribution >= 0.6 is 0 Å². The predicted octanol–water partition coefficient (Wildman–Crippen LogP) is 1.15. The van der Waals surface area contributed by atoms with Crippen molar-refractivity contribution >= 4 is 15.7 Å². The van der Waals surface area contributed by atoms with Crippen LogP contribution in [0.5, 0.6) is 5.75 Å². The maximum absolute atomic E-state index is 12.2. The van der Waals surface area contributed by atoms with Crippen molar-refractivity contribution in [1.82, 2.24) is 5.32 Å². The molecule has 122 valence electrons. The van der Waals surface area contributed by atoms with Crippen LogP contribution in [0.2, 0.25) is 0 Å². The van der Waals surface area contributed by atoms with E-state index in [9.17, 15) is 13.2 Å². The molecule has 1 aromatic carbocycles. The zero-order valence-corrected chi connectivity index (χ0v) is 13.4. The van der Waals surface area contributed by atoms with Gasteiger partial charge in [0.1, 0.15) is 11.5 Å². The highest BCUT2D eigenvalue weighted by molar-refractivity contribution is 7.92. The van der Waals surface area contributed by atoms with Gasteiger partial charge in [-0.2, -0.15) is 0 Å². The normalized spacial score (nSPS) is 18.1. The third-order valence-corrected chi connectivity index (χ3v) is 5.00. The lowest BCUT2D eigenvalue weighted by Gasteiger charge is -2.11. The third-order valence-electron chi connectivity index (χ3n) is 3.37. The first-order valence-electron chi connectivity index (χ1n) is 7.35. The average molecular weight is 327 g/mol. The average Bonchev–Trinajstić information content (AvgIpc) is 2.99. The molecule has 0 radical (unpaired) electrons. The summed E-state index contributed by atoms with van der Waals surface area (Å²) in [5, 5.41) is 2.61. The Hall–Kier alpha value is -1.60. The summed E-state index contributed by atoms with van der Waals surface area (Å²) < 4.78 is 35.0. The molecule has 1 aliphatic heterocycles. The number of carbonyl (C=O) groups excluding carboxylic acids is 1. The van der Waals surface area contributed by atoms with Gasteiger partial charge >= 0.3 is 0 Å². The number of sulfone groups is 1. The van der Waals surface area contributed by atoms with Crippen LogP contribution in [0.15, 0.2) is 29.2 Å². The highest BCUT2D eigenvalue weighted by Crippen LogP contribution is 2.17. The topological polar surface area (TPSA) is 81.7 Å². The van der Waals surface area contributed by atoms with E-state index in [4.69, 9.17) is 9.47 Å². The molecule has 1 atom stereocenters. The molecule has 1 saturated heterocycles. The molecule has 22 heavy (non-hydrogen) atoms. The lowest BCUT2D eigenvalue weighted by atomic mass is 10.2. The number of amides is 1. The Bertz CT molecular complexity index is 591. The molecule has 0 aliphatic carbocycles. The van der Waals surface area contributed by atoms with E-state index in [-0.39, 0.29) is 11.0 Å². The van der Waals surface area contributed by atoms with Crippen LogP contribution in [0.25, 0.3) is 0 Å². The van der Waals surface area contributed by atoms with Crippen molar-refractivity contribution in [2.75, 3.05) is 25.5 Å². The summed E-state index contributed by atoms with van der Waals surface area (Å²) in [4.78, 5) is 11.9. The van der Waals surface area contributed by atoms with E-state index in [0.717, 1.165) is 12.8 Å². The van der Waals surface area contributed by atoms with Gasteiger partial charge in [0.2, 0.25) is 5.91 Å². The molecule has 0 bridgehead atoms. The van der Waals surface area contributed by atoms with Crippen molar-refractivity contribution in [1.29, 1.82) is 0 Å². The summed E-state index contributed by atoms with van der Waals surface area (Å²) in [7, 11) is -3.65. The van der Waals surface area contributed by atoms with E-state index in [1.807, 2.05) is 6.92 Å². The number of ether oxygens (including phenoxy) is 2. The first-order chi connectivity index (χ1) is 10.5. The molecule has 0 spiro atoms. The molecule has 1 N–H and O–H groups in total. The molecule has 1 fully saturated rings. The van der Waals surface area contributed by atoms with Crippen LogP contribution in [-0.4, -0.2) is 45.9 Å². The Kier molecular flexibility index (Phi) is 5.79.